The number of carbonyl (C=O) groups is 3. The van der Waals surface area contributed by atoms with Gasteiger partial charge >= 0.3 is 0 Å². The number of hydrogen-bond acceptors (Lipinski definition) is 6. The molecule has 8 heteroatoms. The largest absolute Gasteiger partial charge is 0.497 e. The smallest absolute Gasteiger partial charge is 0.272 e. The van der Waals surface area contributed by atoms with Crippen molar-refractivity contribution in [2.45, 2.75) is 13.0 Å². The van der Waals surface area contributed by atoms with Gasteiger partial charge in [0.1, 0.15) is 23.4 Å². The van der Waals surface area contributed by atoms with Gasteiger partial charge in [-0.05, 0) is 55.5 Å². The van der Waals surface area contributed by atoms with Gasteiger partial charge < -0.3 is 10.1 Å². The summed E-state index contributed by atoms with van der Waals surface area (Å²) in [5.41, 5.74) is 2.66. The predicted molar refractivity (Wildman–Crippen MR) is 129 cm³/mol. The van der Waals surface area contributed by atoms with Gasteiger partial charge in [0, 0.05) is 5.69 Å². The van der Waals surface area contributed by atoms with E-state index in [1.54, 1.807) is 55.6 Å². The quantitative estimate of drug-likeness (QED) is 0.597. The number of imide groups is 1. The molecule has 2 heterocycles. The number of hydrazone groups is 1. The summed E-state index contributed by atoms with van der Waals surface area (Å²) in [5, 5.41) is 8.74. The lowest BCUT2D eigenvalue weighted by atomic mass is 9.97. The summed E-state index contributed by atoms with van der Waals surface area (Å²) in [7, 11) is 1.54. The Morgan fingerprint density at radius 3 is 2.18 bits per heavy atom. The second kappa shape index (κ2) is 8.47. The molecule has 170 valence electrons. The molecule has 0 saturated carbocycles. The van der Waals surface area contributed by atoms with E-state index in [1.165, 1.54) is 5.01 Å². The summed E-state index contributed by atoms with van der Waals surface area (Å²) < 4.78 is 5.18. The summed E-state index contributed by atoms with van der Waals surface area (Å²) in [5.74, 6) is -1.87. The van der Waals surface area contributed by atoms with Gasteiger partial charge in [-0.1, -0.05) is 35.9 Å². The number of ether oxygens (including phenoxy) is 1. The third-order valence-electron chi connectivity index (χ3n) is 5.94. The normalized spacial score (nSPS) is 19.2. The molecule has 0 aliphatic carbocycles. The first-order chi connectivity index (χ1) is 16.5. The van der Waals surface area contributed by atoms with E-state index in [0.717, 1.165) is 10.5 Å². The van der Waals surface area contributed by atoms with E-state index in [2.05, 4.69) is 10.4 Å². The van der Waals surface area contributed by atoms with Crippen molar-refractivity contribution in [1.82, 2.24) is 0 Å². The van der Waals surface area contributed by atoms with Crippen LogP contribution in [-0.2, 0) is 14.4 Å². The molecular formula is C26H22N4O4. The average molecular weight is 454 g/mol. The van der Waals surface area contributed by atoms with Crippen LogP contribution in [0.25, 0.3) is 0 Å². The van der Waals surface area contributed by atoms with E-state index in [0.29, 0.717) is 22.8 Å². The van der Waals surface area contributed by atoms with Crippen LogP contribution in [0.1, 0.15) is 5.56 Å². The number of para-hydroxylation sites is 1. The van der Waals surface area contributed by atoms with Crippen LogP contribution in [0.15, 0.2) is 84.0 Å². The first kappa shape index (κ1) is 21.4. The molecule has 0 spiro atoms. The van der Waals surface area contributed by atoms with E-state index in [9.17, 15) is 14.4 Å². The predicted octanol–water partition coefficient (Wildman–Crippen LogP) is 3.38. The molecule has 0 radical (unpaired) electrons. The molecule has 1 N–H and O–H groups in total. The maximum atomic E-state index is 13.6. The van der Waals surface area contributed by atoms with Crippen LogP contribution < -0.4 is 20.0 Å². The number of carbonyl (C=O) groups excluding carboxylic acids is 3. The molecule has 2 aliphatic heterocycles. The first-order valence-electron chi connectivity index (χ1n) is 10.8. The highest BCUT2D eigenvalue weighted by Gasteiger charge is 2.58. The summed E-state index contributed by atoms with van der Waals surface area (Å²) in [6.07, 6.45) is 0. The molecule has 8 nitrogen and oxygen atoms in total. The van der Waals surface area contributed by atoms with Crippen LogP contribution in [0, 0.1) is 12.8 Å². The zero-order valence-electron chi connectivity index (χ0n) is 18.6. The minimum atomic E-state index is -1.03. The fourth-order valence-corrected chi connectivity index (χ4v) is 4.22. The van der Waals surface area contributed by atoms with Crippen molar-refractivity contribution in [3.05, 3.63) is 84.4 Å². The molecule has 1 fully saturated rings. The lowest BCUT2D eigenvalue weighted by molar-refractivity contribution is -0.122. The van der Waals surface area contributed by atoms with Crippen molar-refractivity contribution in [1.29, 1.82) is 0 Å². The minimum Gasteiger partial charge on any atom is -0.497 e. The number of benzene rings is 3. The Labute approximate surface area is 196 Å². The summed E-state index contributed by atoms with van der Waals surface area (Å²) in [6.45, 7) is 1.95. The lowest BCUT2D eigenvalue weighted by Gasteiger charge is -2.22. The van der Waals surface area contributed by atoms with E-state index in [4.69, 9.17) is 4.74 Å². The molecule has 2 atom stereocenters. The Morgan fingerprint density at radius 2 is 1.53 bits per heavy atom. The van der Waals surface area contributed by atoms with Crippen molar-refractivity contribution < 1.29 is 19.1 Å². The van der Waals surface area contributed by atoms with E-state index in [1.807, 2.05) is 37.3 Å². The minimum absolute atomic E-state index is 0.00351. The molecule has 2 aliphatic rings. The molecule has 0 bridgehead atoms. The van der Waals surface area contributed by atoms with Gasteiger partial charge in [0.15, 0.2) is 0 Å². The SMILES string of the molecule is COc1ccc(N2C(=O)C3C(C(=O)Nc4ccccc4)=NN(c4ccc(C)cc4)C3C2=O)cc1. The van der Waals surface area contributed by atoms with Crippen LogP contribution in [0.4, 0.5) is 17.1 Å². The van der Waals surface area contributed by atoms with Gasteiger partial charge in [-0.2, -0.15) is 5.10 Å². The van der Waals surface area contributed by atoms with E-state index >= 15 is 0 Å². The van der Waals surface area contributed by atoms with Crippen molar-refractivity contribution >= 4 is 40.5 Å². The number of hydrogen-bond donors (Lipinski definition) is 1. The van der Waals surface area contributed by atoms with Gasteiger partial charge in [0.25, 0.3) is 11.8 Å². The highest BCUT2D eigenvalue weighted by atomic mass is 16.5. The summed E-state index contributed by atoms with van der Waals surface area (Å²) >= 11 is 0. The standard InChI is InChI=1S/C26H22N4O4/c1-16-8-10-19(11-9-16)30-23-21(22(28-30)24(31)27-17-6-4-3-5-7-17)25(32)29(26(23)33)18-12-14-20(34-2)15-13-18/h3-15,21,23H,1-2H3,(H,27,31). The second-order valence-corrected chi connectivity index (χ2v) is 8.12. The number of methoxy groups -OCH3 is 1. The summed E-state index contributed by atoms with van der Waals surface area (Å²) in [6, 6.07) is 22.0. The Kier molecular flexibility index (Phi) is 5.33. The van der Waals surface area contributed by atoms with Gasteiger partial charge in [-0.15, -0.1) is 0 Å². The van der Waals surface area contributed by atoms with Crippen LogP contribution in [0.5, 0.6) is 5.75 Å². The third-order valence-corrected chi connectivity index (χ3v) is 5.94. The fourth-order valence-electron chi connectivity index (χ4n) is 4.22. The average Bonchev–Trinajstić information content (AvgIpc) is 3.37. The summed E-state index contributed by atoms with van der Waals surface area (Å²) in [4.78, 5) is 41.4. The number of fused-ring (bicyclic) bond motifs is 1. The molecule has 5 rings (SSSR count). The van der Waals surface area contributed by atoms with Gasteiger partial charge in [-0.25, -0.2) is 4.90 Å². The van der Waals surface area contributed by atoms with Gasteiger partial charge in [0.05, 0.1) is 18.5 Å². The number of nitrogens with zero attached hydrogens (tertiary/aromatic N) is 3. The molecule has 3 amide bonds. The van der Waals surface area contributed by atoms with Crippen molar-refractivity contribution in [2.75, 3.05) is 22.3 Å². The Hall–Kier alpha value is -4.46. The van der Waals surface area contributed by atoms with Gasteiger partial charge in [-0.3, -0.25) is 19.4 Å². The number of rotatable bonds is 5. The topological polar surface area (TPSA) is 91.3 Å². The van der Waals surface area contributed by atoms with Gasteiger partial charge in [0.2, 0.25) is 5.91 Å². The Balaban J connectivity index is 1.54. The van der Waals surface area contributed by atoms with Crippen molar-refractivity contribution in [3.8, 4) is 5.75 Å². The first-order valence-corrected chi connectivity index (χ1v) is 10.8. The Morgan fingerprint density at radius 1 is 0.882 bits per heavy atom. The second-order valence-electron chi connectivity index (χ2n) is 8.12. The van der Waals surface area contributed by atoms with Crippen LogP contribution in [-0.4, -0.2) is 36.6 Å². The molecule has 2 unspecified atom stereocenters. The molecule has 0 aromatic heterocycles. The zero-order chi connectivity index (χ0) is 23.8. The van der Waals surface area contributed by atoms with Crippen molar-refractivity contribution in [3.63, 3.8) is 0 Å². The molecule has 34 heavy (non-hydrogen) atoms. The van der Waals surface area contributed by atoms with Crippen LogP contribution >= 0.6 is 0 Å². The third kappa shape index (κ3) is 3.59. The molecule has 3 aromatic rings. The number of amides is 3. The highest BCUT2D eigenvalue weighted by molar-refractivity contribution is 6.51. The molecular weight excluding hydrogens is 432 g/mol. The van der Waals surface area contributed by atoms with E-state index in [-0.39, 0.29) is 5.71 Å². The fraction of sp³-hybridized carbons (Fsp3) is 0.154. The van der Waals surface area contributed by atoms with Crippen molar-refractivity contribution in [2.24, 2.45) is 11.0 Å². The lowest BCUT2D eigenvalue weighted by Crippen LogP contribution is -2.39. The Bertz CT molecular complexity index is 1290. The molecule has 1 saturated heterocycles. The maximum Gasteiger partial charge on any atom is 0.272 e. The van der Waals surface area contributed by atoms with Crippen LogP contribution in [0.3, 0.4) is 0 Å². The highest BCUT2D eigenvalue weighted by Crippen LogP contribution is 2.38. The zero-order valence-corrected chi connectivity index (χ0v) is 18.6. The number of nitrogens with one attached hydrogen (secondary N) is 1. The van der Waals surface area contributed by atoms with Crippen LogP contribution in [0.2, 0.25) is 0 Å². The monoisotopic (exact) mass is 454 g/mol. The maximum absolute atomic E-state index is 13.6. The molecule has 3 aromatic carbocycles. The number of aryl methyl sites for hydroxylation is 1. The van der Waals surface area contributed by atoms with E-state index < -0.39 is 29.7 Å². The number of anilines is 3.